The normalized spacial score (nSPS) is 15.3. The fourth-order valence-corrected chi connectivity index (χ4v) is 2.90. The van der Waals surface area contributed by atoms with E-state index in [1.165, 1.54) is 0 Å². The average molecular weight is 329 g/mol. The Morgan fingerprint density at radius 1 is 1.15 bits per heavy atom. The molecule has 100 valence electrons. The van der Waals surface area contributed by atoms with Crippen molar-refractivity contribution in [1.82, 2.24) is 0 Å². The molecule has 1 aliphatic rings. The van der Waals surface area contributed by atoms with Gasteiger partial charge in [-0.15, -0.1) is 0 Å². The van der Waals surface area contributed by atoms with E-state index in [1.807, 2.05) is 50.2 Å². The van der Waals surface area contributed by atoms with Crippen LogP contribution in [-0.2, 0) is 4.79 Å². The summed E-state index contributed by atoms with van der Waals surface area (Å²) < 4.78 is 0.946. The number of benzene rings is 2. The number of nitrogens with one attached hydrogen (secondary N) is 1. The van der Waals surface area contributed by atoms with E-state index in [-0.39, 0.29) is 5.91 Å². The van der Waals surface area contributed by atoms with E-state index in [2.05, 4.69) is 26.2 Å². The van der Waals surface area contributed by atoms with Crippen LogP contribution in [0, 0.1) is 13.8 Å². The van der Waals surface area contributed by atoms with Gasteiger partial charge in [-0.3, -0.25) is 4.79 Å². The van der Waals surface area contributed by atoms with Gasteiger partial charge in [-0.05, 0) is 49.2 Å². The third-order valence-corrected chi connectivity index (χ3v) is 3.71. The molecule has 0 radical (unpaired) electrons. The number of carbonyl (C=O) groups excluding carboxylic acids is 1. The van der Waals surface area contributed by atoms with Crippen LogP contribution in [0.15, 0.2) is 45.9 Å². The van der Waals surface area contributed by atoms with Gasteiger partial charge in [0.2, 0.25) is 0 Å². The maximum Gasteiger partial charge on any atom is 0.275 e. The van der Waals surface area contributed by atoms with E-state index in [1.54, 1.807) is 0 Å². The molecule has 1 amide bonds. The largest absolute Gasteiger partial charge is 0.320 e. The molecule has 3 rings (SSSR count). The standard InChI is InChI=1S/C16H13BrN2O/c1-9-4-3-5-12(6-9)18-15-13-8-11(17)7-10(2)14(13)19-16(15)20/h3-8H,1-2H3,(H,18,19,20). The van der Waals surface area contributed by atoms with Gasteiger partial charge in [-0.2, -0.15) is 0 Å². The lowest BCUT2D eigenvalue weighted by Gasteiger charge is -2.03. The predicted octanol–water partition coefficient (Wildman–Crippen LogP) is 4.14. The molecule has 0 spiro atoms. The molecule has 0 saturated carbocycles. The Morgan fingerprint density at radius 2 is 1.95 bits per heavy atom. The summed E-state index contributed by atoms with van der Waals surface area (Å²) in [6, 6.07) is 11.7. The zero-order valence-electron chi connectivity index (χ0n) is 11.2. The number of anilines is 1. The summed E-state index contributed by atoms with van der Waals surface area (Å²) in [6.45, 7) is 3.98. The zero-order chi connectivity index (χ0) is 14.3. The Morgan fingerprint density at radius 3 is 2.70 bits per heavy atom. The Hall–Kier alpha value is -1.94. The number of halogens is 1. The number of aliphatic imine (C=N–C) groups is 1. The van der Waals surface area contributed by atoms with E-state index < -0.39 is 0 Å². The first kappa shape index (κ1) is 13.1. The highest BCUT2D eigenvalue weighted by Gasteiger charge is 2.27. The van der Waals surface area contributed by atoms with Crippen LogP contribution < -0.4 is 5.32 Å². The number of aryl methyl sites for hydroxylation is 2. The Balaban J connectivity index is 2.15. The van der Waals surface area contributed by atoms with Crippen molar-refractivity contribution in [2.75, 3.05) is 5.32 Å². The lowest BCUT2D eigenvalue weighted by Crippen LogP contribution is -2.14. The molecule has 1 heterocycles. The lowest BCUT2D eigenvalue weighted by molar-refractivity contribution is -0.110. The summed E-state index contributed by atoms with van der Waals surface area (Å²) in [5.41, 5.74) is 5.11. The van der Waals surface area contributed by atoms with E-state index in [0.29, 0.717) is 5.71 Å². The molecular weight excluding hydrogens is 316 g/mol. The van der Waals surface area contributed by atoms with Crippen molar-refractivity contribution in [3.8, 4) is 0 Å². The molecule has 0 unspecified atom stereocenters. The molecule has 0 saturated heterocycles. The number of carbonyl (C=O) groups is 1. The second kappa shape index (κ2) is 4.87. The van der Waals surface area contributed by atoms with Gasteiger partial charge in [0.15, 0.2) is 0 Å². The number of hydrogen-bond acceptors (Lipinski definition) is 2. The fourth-order valence-electron chi connectivity index (χ4n) is 2.33. The SMILES string of the molecule is Cc1cccc(N=C2C(=O)Nc3c(C)cc(Br)cc32)c1. The topological polar surface area (TPSA) is 41.5 Å². The zero-order valence-corrected chi connectivity index (χ0v) is 12.8. The number of hydrogen-bond donors (Lipinski definition) is 1. The Labute approximate surface area is 125 Å². The summed E-state index contributed by atoms with van der Waals surface area (Å²) in [5, 5.41) is 2.89. The molecule has 20 heavy (non-hydrogen) atoms. The molecule has 0 atom stereocenters. The van der Waals surface area contributed by atoms with Gasteiger partial charge in [0, 0.05) is 10.0 Å². The minimum atomic E-state index is -0.150. The third-order valence-electron chi connectivity index (χ3n) is 3.25. The van der Waals surface area contributed by atoms with E-state index in [9.17, 15) is 4.79 Å². The highest BCUT2D eigenvalue weighted by Crippen LogP contribution is 2.32. The van der Waals surface area contributed by atoms with Gasteiger partial charge in [0.25, 0.3) is 5.91 Å². The van der Waals surface area contributed by atoms with Gasteiger partial charge < -0.3 is 5.32 Å². The van der Waals surface area contributed by atoms with Crippen molar-refractivity contribution >= 4 is 38.9 Å². The van der Waals surface area contributed by atoms with Crippen LogP contribution in [0.25, 0.3) is 0 Å². The van der Waals surface area contributed by atoms with Crippen LogP contribution in [0.4, 0.5) is 11.4 Å². The minimum Gasteiger partial charge on any atom is -0.320 e. The first-order valence-corrected chi connectivity index (χ1v) is 7.11. The van der Waals surface area contributed by atoms with Crippen LogP contribution in [0.2, 0.25) is 0 Å². The fraction of sp³-hybridized carbons (Fsp3) is 0.125. The third kappa shape index (κ3) is 2.27. The van der Waals surface area contributed by atoms with Crippen molar-refractivity contribution in [3.63, 3.8) is 0 Å². The van der Waals surface area contributed by atoms with Crippen LogP contribution in [0.3, 0.4) is 0 Å². The average Bonchev–Trinajstić information content (AvgIpc) is 2.68. The Bertz CT molecular complexity index is 750. The van der Waals surface area contributed by atoms with Gasteiger partial charge in [-0.25, -0.2) is 4.99 Å². The summed E-state index contributed by atoms with van der Waals surface area (Å²) in [6.07, 6.45) is 0. The molecule has 3 nitrogen and oxygen atoms in total. The van der Waals surface area contributed by atoms with Crippen LogP contribution in [0.5, 0.6) is 0 Å². The summed E-state index contributed by atoms with van der Waals surface area (Å²) in [5.74, 6) is -0.150. The Kier molecular flexibility index (Phi) is 3.18. The molecule has 0 aromatic heterocycles. The smallest absolute Gasteiger partial charge is 0.275 e. The van der Waals surface area contributed by atoms with Crippen LogP contribution >= 0.6 is 15.9 Å². The molecule has 1 aliphatic heterocycles. The molecule has 2 aromatic rings. The number of fused-ring (bicyclic) bond motifs is 1. The summed E-state index contributed by atoms with van der Waals surface area (Å²) in [7, 11) is 0. The van der Waals surface area contributed by atoms with Gasteiger partial charge in [-0.1, -0.05) is 28.1 Å². The summed E-state index contributed by atoms with van der Waals surface area (Å²) in [4.78, 5) is 16.6. The number of rotatable bonds is 1. The maximum absolute atomic E-state index is 12.1. The van der Waals surface area contributed by atoms with E-state index in [0.717, 1.165) is 32.5 Å². The first-order valence-electron chi connectivity index (χ1n) is 6.32. The van der Waals surface area contributed by atoms with Gasteiger partial charge >= 0.3 is 0 Å². The van der Waals surface area contributed by atoms with Crippen molar-refractivity contribution in [3.05, 3.63) is 57.6 Å². The predicted molar refractivity (Wildman–Crippen MR) is 84.9 cm³/mol. The highest BCUT2D eigenvalue weighted by atomic mass is 79.9. The van der Waals surface area contributed by atoms with E-state index in [4.69, 9.17) is 0 Å². The molecular formula is C16H13BrN2O. The second-order valence-electron chi connectivity index (χ2n) is 4.90. The van der Waals surface area contributed by atoms with Crippen molar-refractivity contribution in [2.24, 2.45) is 4.99 Å². The molecule has 0 aliphatic carbocycles. The molecule has 1 N–H and O–H groups in total. The maximum atomic E-state index is 12.1. The minimum absolute atomic E-state index is 0.150. The van der Waals surface area contributed by atoms with Crippen LogP contribution in [0.1, 0.15) is 16.7 Å². The molecule has 0 fully saturated rings. The van der Waals surface area contributed by atoms with Crippen molar-refractivity contribution in [2.45, 2.75) is 13.8 Å². The van der Waals surface area contributed by atoms with Crippen LogP contribution in [-0.4, -0.2) is 11.6 Å². The lowest BCUT2D eigenvalue weighted by atomic mass is 10.1. The second-order valence-corrected chi connectivity index (χ2v) is 5.81. The van der Waals surface area contributed by atoms with E-state index >= 15 is 0 Å². The number of nitrogens with zero attached hydrogens (tertiary/aromatic N) is 1. The number of amides is 1. The van der Waals surface area contributed by atoms with Crippen molar-refractivity contribution in [1.29, 1.82) is 0 Å². The van der Waals surface area contributed by atoms with Crippen molar-refractivity contribution < 1.29 is 4.79 Å². The van der Waals surface area contributed by atoms with Gasteiger partial charge in [0.1, 0.15) is 5.71 Å². The monoisotopic (exact) mass is 328 g/mol. The highest BCUT2D eigenvalue weighted by molar-refractivity contribution is 9.10. The first-order chi connectivity index (χ1) is 9.54. The molecule has 4 heteroatoms. The summed E-state index contributed by atoms with van der Waals surface area (Å²) >= 11 is 3.47. The quantitative estimate of drug-likeness (QED) is 0.839. The molecule has 0 bridgehead atoms. The van der Waals surface area contributed by atoms with Gasteiger partial charge in [0.05, 0.1) is 11.4 Å². The molecule has 2 aromatic carbocycles.